The molecule has 0 saturated carbocycles. The second-order valence-electron chi connectivity index (χ2n) is 6.20. The lowest BCUT2D eigenvalue weighted by atomic mass is 10.2. The van der Waals surface area contributed by atoms with Gasteiger partial charge in [0.25, 0.3) is 0 Å². The van der Waals surface area contributed by atoms with Gasteiger partial charge in [-0.1, -0.05) is 35.5 Å². The van der Waals surface area contributed by atoms with E-state index in [1.165, 1.54) is 0 Å². The van der Waals surface area contributed by atoms with Crippen molar-refractivity contribution in [1.82, 2.24) is 24.8 Å². The normalized spacial score (nSPS) is 15.4. The van der Waals surface area contributed by atoms with Crippen LogP contribution in [0.15, 0.2) is 34.9 Å². The predicted octanol–water partition coefficient (Wildman–Crippen LogP) is 0.898. The zero-order valence-electron chi connectivity index (χ0n) is 14.5. The number of piperazine rings is 1. The Morgan fingerprint density at radius 3 is 2.60 bits per heavy atom. The minimum atomic E-state index is 0.0634. The fourth-order valence-electron chi connectivity index (χ4n) is 2.90. The van der Waals surface area contributed by atoms with Crippen LogP contribution in [0.2, 0.25) is 0 Å². The number of hydrogen-bond acceptors (Lipinski definition) is 6. The molecule has 1 aliphatic heterocycles. The molecule has 1 fully saturated rings. The molecule has 1 aliphatic rings. The minimum absolute atomic E-state index is 0.0634. The van der Waals surface area contributed by atoms with Gasteiger partial charge in [-0.25, -0.2) is 4.79 Å². The fraction of sp³-hybridized carbons (Fsp3) is 0.471. The summed E-state index contributed by atoms with van der Waals surface area (Å²) in [5.41, 5.74) is 6.60. The van der Waals surface area contributed by atoms with Crippen molar-refractivity contribution >= 4 is 6.03 Å². The predicted molar refractivity (Wildman–Crippen MR) is 92.3 cm³/mol. The van der Waals surface area contributed by atoms with Crippen LogP contribution in [0.4, 0.5) is 4.79 Å². The number of urea groups is 1. The lowest BCUT2D eigenvalue weighted by Gasteiger charge is -2.36. The van der Waals surface area contributed by atoms with Gasteiger partial charge in [0.05, 0.1) is 13.1 Å². The smallest absolute Gasteiger partial charge is 0.320 e. The third-order valence-corrected chi connectivity index (χ3v) is 4.28. The van der Waals surface area contributed by atoms with E-state index < -0.39 is 0 Å². The lowest BCUT2D eigenvalue weighted by Crippen LogP contribution is -2.51. The van der Waals surface area contributed by atoms with Crippen LogP contribution in [0.1, 0.15) is 17.3 Å². The summed E-state index contributed by atoms with van der Waals surface area (Å²) in [7, 11) is 1.84. The largest absolute Gasteiger partial charge is 0.338 e. The molecule has 8 nitrogen and oxygen atoms in total. The van der Waals surface area contributed by atoms with Gasteiger partial charge in [0.1, 0.15) is 0 Å². The first kappa shape index (κ1) is 17.4. The molecule has 0 bridgehead atoms. The Morgan fingerprint density at radius 1 is 1.24 bits per heavy atom. The van der Waals surface area contributed by atoms with Crippen LogP contribution in [0.25, 0.3) is 0 Å². The van der Waals surface area contributed by atoms with E-state index in [-0.39, 0.29) is 12.6 Å². The molecule has 0 atom stereocenters. The maximum absolute atomic E-state index is 12.6. The summed E-state index contributed by atoms with van der Waals surface area (Å²) in [6.07, 6.45) is 0. The molecule has 2 amide bonds. The van der Waals surface area contributed by atoms with E-state index in [0.717, 1.165) is 18.7 Å². The van der Waals surface area contributed by atoms with E-state index >= 15 is 0 Å². The van der Waals surface area contributed by atoms with Crippen molar-refractivity contribution in [3.05, 3.63) is 47.6 Å². The van der Waals surface area contributed by atoms with Crippen molar-refractivity contribution in [3.8, 4) is 0 Å². The van der Waals surface area contributed by atoms with Crippen LogP contribution in [0, 0.1) is 0 Å². The van der Waals surface area contributed by atoms with Crippen LogP contribution < -0.4 is 5.73 Å². The number of amides is 2. The Morgan fingerprint density at radius 2 is 1.96 bits per heavy atom. The molecule has 1 saturated heterocycles. The number of benzene rings is 1. The molecule has 2 aromatic rings. The van der Waals surface area contributed by atoms with Crippen molar-refractivity contribution in [3.63, 3.8) is 0 Å². The Labute approximate surface area is 147 Å². The monoisotopic (exact) mass is 344 g/mol. The number of nitrogens with zero attached hydrogens (tertiary/aromatic N) is 5. The molecular formula is C17H24N6O2. The van der Waals surface area contributed by atoms with Crippen molar-refractivity contribution in [2.24, 2.45) is 5.73 Å². The fourth-order valence-corrected chi connectivity index (χ4v) is 2.90. The van der Waals surface area contributed by atoms with Crippen molar-refractivity contribution < 1.29 is 9.32 Å². The molecular weight excluding hydrogens is 320 g/mol. The quantitative estimate of drug-likeness (QED) is 0.866. The molecule has 134 valence electrons. The summed E-state index contributed by atoms with van der Waals surface area (Å²) in [5, 5.41) is 3.91. The number of aromatic nitrogens is 2. The van der Waals surface area contributed by atoms with Gasteiger partial charge in [-0.3, -0.25) is 4.90 Å². The molecule has 0 spiro atoms. The number of nitrogens with two attached hydrogens (primary N) is 1. The van der Waals surface area contributed by atoms with E-state index in [1.807, 2.05) is 42.3 Å². The standard InChI is InChI=1S/C17H24N6O2/c1-21(12-14-5-3-2-4-6-14)17(24)23-9-7-22(8-10-23)13-15-19-16(11-18)25-20-15/h2-6H,7-13,18H2,1H3. The van der Waals surface area contributed by atoms with Crippen LogP contribution in [-0.2, 0) is 19.6 Å². The molecule has 1 aromatic heterocycles. The Bertz CT molecular complexity index is 681. The molecule has 3 rings (SSSR count). The van der Waals surface area contributed by atoms with Crippen LogP contribution >= 0.6 is 0 Å². The van der Waals surface area contributed by atoms with Crippen molar-refractivity contribution in [2.75, 3.05) is 33.2 Å². The average Bonchev–Trinajstić information content (AvgIpc) is 3.10. The number of hydrogen-bond donors (Lipinski definition) is 1. The van der Waals surface area contributed by atoms with Crippen LogP contribution in [0.5, 0.6) is 0 Å². The van der Waals surface area contributed by atoms with Gasteiger partial charge in [-0.05, 0) is 5.56 Å². The highest BCUT2D eigenvalue weighted by Gasteiger charge is 2.24. The van der Waals surface area contributed by atoms with Gasteiger partial charge in [0, 0.05) is 39.8 Å². The third-order valence-electron chi connectivity index (χ3n) is 4.28. The highest BCUT2D eigenvalue weighted by atomic mass is 16.5. The summed E-state index contributed by atoms with van der Waals surface area (Å²) >= 11 is 0. The Kier molecular flexibility index (Phi) is 5.62. The second-order valence-corrected chi connectivity index (χ2v) is 6.20. The van der Waals surface area contributed by atoms with Crippen LogP contribution in [0.3, 0.4) is 0 Å². The van der Waals surface area contributed by atoms with Crippen molar-refractivity contribution in [1.29, 1.82) is 0 Å². The van der Waals surface area contributed by atoms with E-state index in [0.29, 0.717) is 37.9 Å². The average molecular weight is 344 g/mol. The molecule has 25 heavy (non-hydrogen) atoms. The summed E-state index contributed by atoms with van der Waals surface area (Å²) < 4.78 is 5.02. The molecule has 0 radical (unpaired) electrons. The van der Waals surface area contributed by atoms with E-state index in [9.17, 15) is 4.79 Å². The van der Waals surface area contributed by atoms with Gasteiger partial charge in [0.15, 0.2) is 5.82 Å². The zero-order chi connectivity index (χ0) is 17.6. The van der Waals surface area contributed by atoms with Gasteiger partial charge in [-0.2, -0.15) is 4.98 Å². The molecule has 2 N–H and O–H groups in total. The highest BCUT2D eigenvalue weighted by molar-refractivity contribution is 5.74. The minimum Gasteiger partial charge on any atom is -0.338 e. The molecule has 0 aliphatic carbocycles. The number of carbonyl (C=O) groups excluding carboxylic acids is 1. The Hall–Kier alpha value is -2.45. The first-order valence-corrected chi connectivity index (χ1v) is 8.43. The molecule has 1 aromatic carbocycles. The summed E-state index contributed by atoms with van der Waals surface area (Å²) in [4.78, 5) is 22.7. The molecule has 8 heteroatoms. The number of rotatable bonds is 5. The topological polar surface area (TPSA) is 91.7 Å². The van der Waals surface area contributed by atoms with Gasteiger partial charge >= 0.3 is 6.03 Å². The first-order valence-electron chi connectivity index (χ1n) is 8.43. The van der Waals surface area contributed by atoms with Gasteiger partial charge < -0.3 is 20.1 Å². The molecule has 2 heterocycles. The Balaban J connectivity index is 1.47. The molecule has 0 unspecified atom stereocenters. The first-order chi connectivity index (χ1) is 12.2. The highest BCUT2D eigenvalue weighted by Crippen LogP contribution is 2.10. The third kappa shape index (κ3) is 4.55. The van der Waals surface area contributed by atoms with Gasteiger partial charge in [-0.15, -0.1) is 0 Å². The van der Waals surface area contributed by atoms with E-state index in [4.69, 9.17) is 10.3 Å². The van der Waals surface area contributed by atoms with E-state index in [1.54, 1.807) is 4.90 Å². The lowest BCUT2D eigenvalue weighted by molar-refractivity contribution is 0.112. The SMILES string of the molecule is CN(Cc1ccccc1)C(=O)N1CCN(Cc2noc(CN)n2)CC1. The summed E-state index contributed by atoms with van der Waals surface area (Å²) in [5.74, 6) is 1.09. The van der Waals surface area contributed by atoms with E-state index in [2.05, 4.69) is 15.0 Å². The van der Waals surface area contributed by atoms with Gasteiger partial charge in [0.2, 0.25) is 5.89 Å². The second kappa shape index (κ2) is 8.09. The summed E-state index contributed by atoms with van der Waals surface area (Å²) in [6, 6.07) is 10.1. The zero-order valence-corrected chi connectivity index (χ0v) is 14.5. The maximum atomic E-state index is 12.6. The summed E-state index contributed by atoms with van der Waals surface area (Å²) in [6.45, 7) is 4.45. The van der Waals surface area contributed by atoms with Crippen LogP contribution in [-0.4, -0.2) is 64.1 Å². The number of carbonyl (C=O) groups is 1. The van der Waals surface area contributed by atoms with Crippen molar-refractivity contribution in [2.45, 2.75) is 19.6 Å². The maximum Gasteiger partial charge on any atom is 0.320 e.